The van der Waals surface area contributed by atoms with E-state index in [2.05, 4.69) is 92.7 Å². The Balaban J connectivity index is 1.65. The lowest BCUT2D eigenvalue weighted by Crippen LogP contribution is -2.26. The molecule has 0 fully saturated rings. The summed E-state index contributed by atoms with van der Waals surface area (Å²) in [6, 6.07) is 26.9. The molecule has 0 bridgehead atoms. The minimum atomic E-state index is 0.576. The van der Waals surface area contributed by atoms with Crippen molar-refractivity contribution in [2.45, 2.75) is 38.5 Å². The number of allylic oxidation sites excluding steroid dienone is 2. The standard InChI is InChI=1S/C27H26/c1-18-9-8-10-19(2)27(18)26-15-21-13-6-7-14-23(21)24-16-22(17-25(24)26)20-11-4-3-5-12-20/h3-14,17,24-26H,15-16H2,1-2H3. The molecule has 0 saturated heterocycles. The molecule has 3 atom stereocenters. The van der Waals surface area contributed by atoms with Crippen LogP contribution in [0.2, 0.25) is 0 Å². The number of fused-ring (bicyclic) bond motifs is 3. The fourth-order valence-electron chi connectivity index (χ4n) is 5.53. The van der Waals surface area contributed by atoms with Gasteiger partial charge in [0.25, 0.3) is 0 Å². The summed E-state index contributed by atoms with van der Waals surface area (Å²) in [4.78, 5) is 0. The minimum Gasteiger partial charge on any atom is -0.0763 e. The molecule has 0 heterocycles. The zero-order chi connectivity index (χ0) is 18.4. The summed E-state index contributed by atoms with van der Waals surface area (Å²) in [6.45, 7) is 4.57. The van der Waals surface area contributed by atoms with Crippen molar-refractivity contribution in [2.75, 3.05) is 0 Å². The highest BCUT2D eigenvalue weighted by Crippen LogP contribution is 2.54. The van der Waals surface area contributed by atoms with Gasteiger partial charge in [-0.2, -0.15) is 0 Å². The molecule has 134 valence electrons. The quantitative estimate of drug-likeness (QED) is 0.475. The van der Waals surface area contributed by atoms with Gasteiger partial charge in [0.15, 0.2) is 0 Å². The van der Waals surface area contributed by atoms with Crippen molar-refractivity contribution in [1.29, 1.82) is 0 Å². The Hall–Kier alpha value is -2.60. The number of aryl methyl sites for hydroxylation is 2. The second-order valence-corrected chi connectivity index (χ2v) is 8.26. The summed E-state index contributed by atoms with van der Waals surface area (Å²) in [5, 5.41) is 0. The van der Waals surface area contributed by atoms with Crippen LogP contribution in [0.4, 0.5) is 0 Å². The summed E-state index contributed by atoms with van der Waals surface area (Å²) in [5.74, 6) is 1.77. The van der Waals surface area contributed by atoms with E-state index in [9.17, 15) is 0 Å². The number of rotatable bonds is 2. The van der Waals surface area contributed by atoms with Gasteiger partial charge in [-0.3, -0.25) is 0 Å². The predicted molar refractivity (Wildman–Crippen MR) is 114 cm³/mol. The van der Waals surface area contributed by atoms with Crippen molar-refractivity contribution in [2.24, 2.45) is 5.92 Å². The van der Waals surface area contributed by atoms with E-state index in [1.54, 1.807) is 16.7 Å². The van der Waals surface area contributed by atoms with Crippen LogP contribution in [-0.2, 0) is 6.42 Å². The molecule has 3 aromatic rings. The van der Waals surface area contributed by atoms with Crippen molar-refractivity contribution >= 4 is 5.57 Å². The van der Waals surface area contributed by atoms with Crippen molar-refractivity contribution < 1.29 is 0 Å². The van der Waals surface area contributed by atoms with Gasteiger partial charge in [0, 0.05) is 0 Å². The monoisotopic (exact) mass is 350 g/mol. The molecule has 0 radical (unpaired) electrons. The molecule has 0 spiro atoms. The molecule has 0 N–H and O–H groups in total. The fraction of sp³-hybridized carbons (Fsp3) is 0.259. The smallest absolute Gasteiger partial charge is 0.00470 e. The first kappa shape index (κ1) is 16.6. The topological polar surface area (TPSA) is 0 Å². The van der Waals surface area contributed by atoms with Crippen molar-refractivity contribution in [3.63, 3.8) is 0 Å². The molecule has 0 nitrogen and oxygen atoms in total. The zero-order valence-corrected chi connectivity index (χ0v) is 16.2. The highest BCUT2D eigenvalue weighted by Gasteiger charge is 2.40. The van der Waals surface area contributed by atoms with Gasteiger partial charge >= 0.3 is 0 Å². The fourth-order valence-corrected chi connectivity index (χ4v) is 5.53. The summed E-state index contributed by atoms with van der Waals surface area (Å²) in [6.07, 6.45) is 4.92. The summed E-state index contributed by atoms with van der Waals surface area (Å²) in [7, 11) is 0. The molecule has 0 saturated carbocycles. The first-order valence-electron chi connectivity index (χ1n) is 10.1. The summed E-state index contributed by atoms with van der Waals surface area (Å²) < 4.78 is 0. The third-order valence-corrected chi connectivity index (χ3v) is 6.71. The number of hydrogen-bond acceptors (Lipinski definition) is 0. The normalized spacial score (nSPS) is 23.5. The van der Waals surface area contributed by atoms with Gasteiger partial charge in [-0.15, -0.1) is 0 Å². The van der Waals surface area contributed by atoms with Crippen LogP contribution < -0.4 is 0 Å². The first-order chi connectivity index (χ1) is 13.2. The van der Waals surface area contributed by atoms with Crippen LogP contribution in [0.15, 0.2) is 78.9 Å². The molecule has 5 rings (SSSR count). The van der Waals surface area contributed by atoms with E-state index < -0.39 is 0 Å². The molecule has 3 aromatic carbocycles. The zero-order valence-electron chi connectivity index (χ0n) is 16.2. The Bertz CT molecular complexity index is 989. The number of hydrogen-bond donors (Lipinski definition) is 0. The van der Waals surface area contributed by atoms with Gasteiger partial charge in [0.2, 0.25) is 0 Å². The maximum Gasteiger partial charge on any atom is -0.00470 e. The van der Waals surface area contributed by atoms with E-state index in [0.29, 0.717) is 17.8 Å². The maximum absolute atomic E-state index is 2.60. The van der Waals surface area contributed by atoms with Crippen LogP contribution >= 0.6 is 0 Å². The molecule has 27 heavy (non-hydrogen) atoms. The van der Waals surface area contributed by atoms with Crippen LogP contribution in [0.3, 0.4) is 0 Å². The molecule has 0 amide bonds. The molecule has 2 aliphatic rings. The summed E-state index contributed by atoms with van der Waals surface area (Å²) >= 11 is 0. The van der Waals surface area contributed by atoms with Gasteiger partial charge in [-0.25, -0.2) is 0 Å². The molecule has 0 aromatic heterocycles. The van der Waals surface area contributed by atoms with Crippen LogP contribution in [0, 0.1) is 19.8 Å². The highest BCUT2D eigenvalue weighted by molar-refractivity contribution is 5.70. The van der Waals surface area contributed by atoms with Crippen LogP contribution in [-0.4, -0.2) is 0 Å². The SMILES string of the molecule is Cc1cccc(C)c1C1Cc2ccccc2C2CC(c3ccccc3)=CC21. The van der Waals surface area contributed by atoms with E-state index in [1.807, 2.05) is 0 Å². The van der Waals surface area contributed by atoms with Crippen molar-refractivity contribution in [3.8, 4) is 0 Å². The molecular formula is C27H26. The molecule has 2 aliphatic carbocycles. The predicted octanol–water partition coefficient (Wildman–Crippen LogP) is 6.83. The van der Waals surface area contributed by atoms with Gasteiger partial charge in [0.05, 0.1) is 0 Å². The Morgan fingerprint density at radius 1 is 0.667 bits per heavy atom. The number of benzene rings is 3. The molecule has 0 heteroatoms. The lowest BCUT2D eigenvalue weighted by Gasteiger charge is -2.37. The van der Waals surface area contributed by atoms with E-state index >= 15 is 0 Å². The van der Waals surface area contributed by atoms with Crippen LogP contribution in [0.5, 0.6) is 0 Å². The van der Waals surface area contributed by atoms with Gasteiger partial charge in [0.1, 0.15) is 0 Å². The van der Waals surface area contributed by atoms with E-state index in [0.717, 1.165) is 12.8 Å². The minimum absolute atomic E-state index is 0.576. The molecule has 3 unspecified atom stereocenters. The average Bonchev–Trinajstić information content (AvgIpc) is 3.14. The Morgan fingerprint density at radius 2 is 1.37 bits per heavy atom. The largest absolute Gasteiger partial charge is 0.0763 e. The van der Waals surface area contributed by atoms with E-state index in [-0.39, 0.29) is 0 Å². The lowest BCUT2D eigenvalue weighted by atomic mass is 9.67. The third kappa shape index (κ3) is 2.75. The van der Waals surface area contributed by atoms with Crippen molar-refractivity contribution in [1.82, 2.24) is 0 Å². The lowest BCUT2D eigenvalue weighted by molar-refractivity contribution is 0.409. The Labute approximate surface area is 162 Å². The van der Waals surface area contributed by atoms with E-state index in [1.165, 1.54) is 22.3 Å². The van der Waals surface area contributed by atoms with Crippen molar-refractivity contribution in [3.05, 3.63) is 112 Å². The Kier molecular flexibility index (Phi) is 4.01. The third-order valence-electron chi connectivity index (χ3n) is 6.71. The summed E-state index contributed by atoms with van der Waals surface area (Å²) in [5.41, 5.74) is 10.5. The second-order valence-electron chi connectivity index (χ2n) is 8.26. The first-order valence-corrected chi connectivity index (χ1v) is 10.1. The maximum atomic E-state index is 2.60. The average molecular weight is 351 g/mol. The Morgan fingerprint density at radius 3 is 2.15 bits per heavy atom. The molecular weight excluding hydrogens is 324 g/mol. The van der Waals surface area contributed by atoms with E-state index in [4.69, 9.17) is 0 Å². The van der Waals surface area contributed by atoms with Gasteiger partial charge in [-0.05, 0) is 83.4 Å². The van der Waals surface area contributed by atoms with Crippen LogP contribution in [0.1, 0.15) is 51.6 Å². The van der Waals surface area contributed by atoms with Gasteiger partial charge in [-0.1, -0.05) is 78.9 Å². The van der Waals surface area contributed by atoms with Crippen LogP contribution in [0.25, 0.3) is 5.57 Å². The van der Waals surface area contributed by atoms with Gasteiger partial charge < -0.3 is 0 Å². The second kappa shape index (κ2) is 6.53. The highest BCUT2D eigenvalue weighted by atomic mass is 14.4. The molecule has 0 aliphatic heterocycles.